The maximum absolute atomic E-state index is 10.6. The predicted octanol–water partition coefficient (Wildman–Crippen LogP) is -5.10. The molecular weight excluding hydrogens is 246 g/mol. The summed E-state index contributed by atoms with van der Waals surface area (Å²) in [6.45, 7) is -0.963. The highest BCUT2D eigenvalue weighted by atomic mass is 35.5. The van der Waals surface area contributed by atoms with Gasteiger partial charge < -0.3 is 31.3 Å². The molecule has 0 bridgehead atoms. The van der Waals surface area contributed by atoms with Crippen molar-refractivity contribution in [3.8, 4) is 0 Å². The van der Waals surface area contributed by atoms with Crippen LogP contribution in [0.1, 0.15) is 0 Å². The van der Waals surface area contributed by atoms with Crippen LogP contribution in [-0.2, 0) is 4.79 Å². The molecule has 0 aromatic carbocycles. The number of hydrogen-bond donors (Lipinski definition) is 8. The first kappa shape index (κ1) is 17.9. The molecule has 0 fully saturated rings. The molecule has 0 aliphatic rings. The fraction of sp³-hybridized carbons (Fsp3) is 0.833. The Bertz CT molecular complexity index is 248. The topological polar surface area (TPSA) is 196 Å². The van der Waals surface area contributed by atoms with Crippen molar-refractivity contribution in [2.75, 3.05) is 6.61 Å². The molecule has 0 saturated heterocycles. The van der Waals surface area contributed by atoms with Gasteiger partial charge in [0.1, 0.15) is 12.2 Å². The van der Waals surface area contributed by atoms with Gasteiger partial charge in [0.2, 0.25) is 5.72 Å². The average Bonchev–Trinajstić information content (AvgIpc) is 2.14. The summed E-state index contributed by atoms with van der Waals surface area (Å²) in [4.78, 5) is 10.6. The van der Waals surface area contributed by atoms with Gasteiger partial charge in [-0.3, -0.25) is 16.3 Å². The standard InChI is InChI=1S/C6H15N3O6.ClH/c7-4(13)6(9,15)5(8,14)3(12)2(11)1-10;/h2-3,10-12,14-15H,1,8-9H2,(H2,7,13);1H/t2-,3-,5+,6+;/m1./s1. The highest BCUT2D eigenvalue weighted by molar-refractivity contribution is 5.85. The number of nitrogens with two attached hydrogens (primary N) is 3. The molecule has 0 aliphatic heterocycles. The van der Waals surface area contributed by atoms with Crippen molar-refractivity contribution >= 4 is 18.3 Å². The summed E-state index contributed by atoms with van der Waals surface area (Å²) in [5.74, 6) is -1.60. The lowest BCUT2D eigenvalue weighted by Crippen LogP contribution is -2.78. The zero-order chi connectivity index (χ0) is 12.4. The van der Waals surface area contributed by atoms with Crippen molar-refractivity contribution in [2.24, 2.45) is 17.2 Å². The highest BCUT2D eigenvalue weighted by Gasteiger charge is 2.55. The second kappa shape index (κ2) is 5.70. The van der Waals surface area contributed by atoms with Crippen molar-refractivity contribution in [1.82, 2.24) is 0 Å². The van der Waals surface area contributed by atoms with Gasteiger partial charge in [0.15, 0.2) is 5.72 Å². The molecule has 0 aliphatic carbocycles. The van der Waals surface area contributed by atoms with Gasteiger partial charge in [-0.2, -0.15) is 0 Å². The molecule has 11 N–H and O–H groups in total. The first-order valence-electron chi connectivity index (χ1n) is 3.88. The van der Waals surface area contributed by atoms with Crippen LogP contribution in [0, 0.1) is 0 Å². The van der Waals surface area contributed by atoms with E-state index in [0.717, 1.165) is 0 Å². The number of aliphatic hydroxyl groups is 5. The van der Waals surface area contributed by atoms with E-state index in [4.69, 9.17) is 21.7 Å². The van der Waals surface area contributed by atoms with Gasteiger partial charge >= 0.3 is 0 Å². The van der Waals surface area contributed by atoms with Crippen molar-refractivity contribution in [3.05, 3.63) is 0 Å². The Kier molecular flexibility index (Phi) is 6.37. The Morgan fingerprint density at radius 1 is 1.25 bits per heavy atom. The van der Waals surface area contributed by atoms with Gasteiger partial charge in [-0.05, 0) is 0 Å². The SMILES string of the molecule is Cl.NC(=O)[C@](N)(O)[C@@](N)(O)[C@H](O)[C@H](O)CO. The maximum Gasteiger partial charge on any atom is 0.269 e. The van der Waals surface area contributed by atoms with E-state index in [0.29, 0.717) is 0 Å². The van der Waals surface area contributed by atoms with Crippen LogP contribution in [0.15, 0.2) is 0 Å². The minimum absolute atomic E-state index is 0. The average molecular weight is 262 g/mol. The van der Waals surface area contributed by atoms with E-state index in [9.17, 15) is 20.1 Å². The number of amides is 1. The summed E-state index contributed by atoms with van der Waals surface area (Å²) >= 11 is 0. The van der Waals surface area contributed by atoms with Gasteiger partial charge in [0.25, 0.3) is 5.91 Å². The Balaban J connectivity index is 0. The van der Waals surface area contributed by atoms with Gasteiger partial charge in [-0.1, -0.05) is 0 Å². The largest absolute Gasteiger partial charge is 0.394 e. The number of hydrogen-bond acceptors (Lipinski definition) is 8. The molecule has 10 heteroatoms. The summed E-state index contributed by atoms with van der Waals surface area (Å²) in [5, 5.41) is 45.2. The second-order valence-corrected chi connectivity index (χ2v) is 3.15. The zero-order valence-electron chi connectivity index (χ0n) is 8.15. The van der Waals surface area contributed by atoms with Crippen LogP contribution in [0.3, 0.4) is 0 Å². The third-order valence-electron chi connectivity index (χ3n) is 1.99. The van der Waals surface area contributed by atoms with Gasteiger partial charge in [0, 0.05) is 0 Å². The van der Waals surface area contributed by atoms with Crippen molar-refractivity contribution in [3.63, 3.8) is 0 Å². The summed E-state index contributed by atoms with van der Waals surface area (Å²) in [5.41, 5.74) is 8.24. The van der Waals surface area contributed by atoms with E-state index < -0.39 is 36.2 Å². The molecule has 9 nitrogen and oxygen atoms in total. The second-order valence-electron chi connectivity index (χ2n) is 3.15. The molecule has 0 heterocycles. The molecule has 16 heavy (non-hydrogen) atoms. The highest BCUT2D eigenvalue weighted by Crippen LogP contribution is 2.18. The van der Waals surface area contributed by atoms with Gasteiger partial charge in [-0.25, -0.2) is 0 Å². The fourth-order valence-corrected chi connectivity index (χ4v) is 0.816. The lowest BCUT2D eigenvalue weighted by atomic mass is 9.91. The molecule has 0 spiro atoms. The molecule has 1 amide bonds. The maximum atomic E-state index is 10.6. The molecule has 0 unspecified atom stereocenters. The lowest BCUT2D eigenvalue weighted by Gasteiger charge is -2.39. The van der Waals surface area contributed by atoms with Crippen molar-refractivity contribution in [1.29, 1.82) is 0 Å². The third-order valence-corrected chi connectivity index (χ3v) is 1.99. The number of carbonyl (C=O) groups excluding carboxylic acids is 1. The molecule has 4 atom stereocenters. The van der Waals surface area contributed by atoms with Crippen LogP contribution in [0.2, 0.25) is 0 Å². The fourth-order valence-electron chi connectivity index (χ4n) is 0.816. The zero-order valence-corrected chi connectivity index (χ0v) is 8.96. The molecule has 0 aromatic rings. The predicted molar refractivity (Wildman–Crippen MR) is 53.8 cm³/mol. The first-order chi connectivity index (χ1) is 6.59. The Hall–Kier alpha value is -0.520. The summed E-state index contributed by atoms with van der Waals surface area (Å²) in [6, 6.07) is 0. The molecular formula is C6H16ClN3O6. The molecule has 98 valence electrons. The van der Waals surface area contributed by atoms with Crippen LogP contribution in [-0.4, -0.2) is 61.7 Å². The van der Waals surface area contributed by atoms with E-state index >= 15 is 0 Å². The van der Waals surface area contributed by atoms with Gasteiger partial charge in [-0.15, -0.1) is 12.4 Å². The Morgan fingerprint density at radius 2 is 1.62 bits per heavy atom. The van der Waals surface area contributed by atoms with Gasteiger partial charge in [0.05, 0.1) is 6.61 Å². The van der Waals surface area contributed by atoms with Crippen molar-refractivity contribution in [2.45, 2.75) is 23.7 Å². The van der Waals surface area contributed by atoms with E-state index in [1.165, 1.54) is 0 Å². The lowest BCUT2D eigenvalue weighted by molar-refractivity contribution is -0.219. The van der Waals surface area contributed by atoms with Crippen LogP contribution < -0.4 is 17.2 Å². The molecule has 0 aromatic heterocycles. The molecule has 0 rings (SSSR count). The number of carbonyl (C=O) groups is 1. The summed E-state index contributed by atoms with van der Waals surface area (Å²) in [7, 11) is 0. The van der Waals surface area contributed by atoms with E-state index in [1.807, 2.05) is 0 Å². The third kappa shape index (κ3) is 2.99. The van der Waals surface area contributed by atoms with Crippen LogP contribution in [0.5, 0.6) is 0 Å². The summed E-state index contributed by atoms with van der Waals surface area (Å²) < 4.78 is 0. The minimum Gasteiger partial charge on any atom is -0.394 e. The van der Waals surface area contributed by atoms with Crippen LogP contribution >= 0.6 is 12.4 Å². The monoisotopic (exact) mass is 261 g/mol. The van der Waals surface area contributed by atoms with E-state index in [1.54, 1.807) is 0 Å². The van der Waals surface area contributed by atoms with E-state index in [-0.39, 0.29) is 12.4 Å². The summed E-state index contributed by atoms with van der Waals surface area (Å²) in [6.07, 6.45) is -4.15. The normalized spacial score (nSPS) is 22.2. The van der Waals surface area contributed by atoms with Crippen molar-refractivity contribution < 1.29 is 30.3 Å². The number of halogens is 1. The molecule has 0 radical (unpaired) electrons. The first-order valence-corrected chi connectivity index (χ1v) is 3.88. The number of aliphatic hydroxyl groups excluding tert-OH is 3. The quantitative estimate of drug-likeness (QED) is 0.225. The Morgan fingerprint density at radius 3 is 1.88 bits per heavy atom. The number of primary amides is 1. The molecule has 0 saturated carbocycles. The Labute approximate surface area is 96.9 Å². The van der Waals surface area contributed by atoms with Crippen LogP contribution in [0.4, 0.5) is 0 Å². The smallest absolute Gasteiger partial charge is 0.269 e. The van der Waals surface area contributed by atoms with E-state index in [2.05, 4.69) is 5.73 Å². The minimum atomic E-state index is -3.15. The van der Waals surface area contributed by atoms with Crippen LogP contribution in [0.25, 0.3) is 0 Å². The number of rotatable bonds is 5.